The van der Waals surface area contributed by atoms with Gasteiger partial charge in [0, 0.05) is 4.47 Å². The summed E-state index contributed by atoms with van der Waals surface area (Å²) in [5.74, 6) is -0.706. The molecule has 0 aliphatic carbocycles. The molecule has 3 aromatic carbocycles. The lowest BCUT2D eigenvalue weighted by molar-refractivity contribution is -0.118. The maximum atomic E-state index is 13.2. The molecule has 0 unspecified atom stereocenters. The van der Waals surface area contributed by atoms with Crippen molar-refractivity contribution in [3.63, 3.8) is 0 Å². The van der Waals surface area contributed by atoms with E-state index in [-0.39, 0.29) is 23.0 Å². The molecule has 0 spiro atoms. The van der Waals surface area contributed by atoms with E-state index in [0.717, 1.165) is 16.2 Å². The van der Waals surface area contributed by atoms with Gasteiger partial charge in [0.2, 0.25) is 0 Å². The number of hydrogen-bond acceptors (Lipinski definition) is 5. The topological polar surface area (TPSA) is 76.3 Å². The number of amides is 1. The number of fused-ring (bicyclic) bond motifs is 1. The first-order valence-electron chi connectivity index (χ1n) is 9.49. The molecule has 32 heavy (non-hydrogen) atoms. The first kappa shape index (κ1) is 21.9. The average molecular weight is 511 g/mol. The number of nitrogens with zero attached hydrogens (tertiary/aromatic N) is 3. The first-order valence-corrected chi connectivity index (χ1v) is 11.3. The Morgan fingerprint density at radius 2 is 1.81 bits per heavy atom. The van der Waals surface area contributed by atoms with Crippen molar-refractivity contribution < 1.29 is 9.18 Å². The van der Waals surface area contributed by atoms with Crippen LogP contribution in [0.4, 0.5) is 4.39 Å². The monoisotopic (exact) mass is 510 g/mol. The smallest absolute Gasteiger partial charge is 0.266 e. The van der Waals surface area contributed by atoms with Gasteiger partial charge in [-0.05, 0) is 54.1 Å². The zero-order valence-corrected chi connectivity index (χ0v) is 18.9. The normalized spacial score (nSPS) is 11.2. The molecule has 1 heterocycles. The molecule has 0 saturated heterocycles. The second kappa shape index (κ2) is 9.88. The van der Waals surface area contributed by atoms with Crippen molar-refractivity contribution in [2.75, 3.05) is 5.75 Å². The van der Waals surface area contributed by atoms with E-state index in [2.05, 4.69) is 31.4 Å². The van der Waals surface area contributed by atoms with Crippen LogP contribution in [0.5, 0.6) is 0 Å². The Bertz CT molecular complexity index is 1360. The third-order valence-electron chi connectivity index (χ3n) is 4.43. The summed E-state index contributed by atoms with van der Waals surface area (Å²) in [6.07, 6.45) is 1.42. The SMILES string of the molecule is O=C(CSc1nc2ccccc2c(=O)n1-c1ccc(Br)cc1)NN=Cc1ccc(F)cc1. The molecule has 0 aliphatic rings. The zero-order valence-electron chi connectivity index (χ0n) is 16.5. The van der Waals surface area contributed by atoms with Gasteiger partial charge in [0.1, 0.15) is 5.82 Å². The number of rotatable bonds is 6. The quantitative estimate of drug-likeness (QED) is 0.179. The lowest BCUT2D eigenvalue weighted by Crippen LogP contribution is -2.24. The number of benzene rings is 3. The molecular weight excluding hydrogens is 495 g/mol. The summed E-state index contributed by atoms with van der Waals surface area (Å²) in [7, 11) is 0. The maximum Gasteiger partial charge on any atom is 0.266 e. The van der Waals surface area contributed by atoms with Gasteiger partial charge in [-0.3, -0.25) is 14.2 Å². The average Bonchev–Trinajstić information content (AvgIpc) is 2.80. The summed E-state index contributed by atoms with van der Waals surface area (Å²) in [6.45, 7) is 0. The van der Waals surface area contributed by atoms with Crippen LogP contribution in [0.1, 0.15) is 5.56 Å². The van der Waals surface area contributed by atoms with E-state index in [1.54, 1.807) is 42.5 Å². The third-order valence-corrected chi connectivity index (χ3v) is 5.90. The molecule has 0 aliphatic heterocycles. The van der Waals surface area contributed by atoms with Gasteiger partial charge in [0.05, 0.1) is 28.6 Å². The predicted molar refractivity (Wildman–Crippen MR) is 128 cm³/mol. The van der Waals surface area contributed by atoms with E-state index >= 15 is 0 Å². The van der Waals surface area contributed by atoms with Gasteiger partial charge in [-0.1, -0.05) is 52.0 Å². The highest BCUT2D eigenvalue weighted by Crippen LogP contribution is 2.22. The number of hydrazone groups is 1. The molecule has 4 aromatic rings. The number of hydrogen-bond donors (Lipinski definition) is 1. The van der Waals surface area contributed by atoms with E-state index in [9.17, 15) is 14.0 Å². The minimum absolute atomic E-state index is 0.00205. The summed E-state index contributed by atoms with van der Waals surface area (Å²) in [5, 5.41) is 4.78. The third kappa shape index (κ3) is 5.12. The lowest BCUT2D eigenvalue weighted by Gasteiger charge is -2.13. The summed E-state index contributed by atoms with van der Waals surface area (Å²) in [4.78, 5) is 30.1. The molecule has 160 valence electrons. The van der Waals surface area contributed by atoms with Crippen molar-refractivity contribution in [2.24, 2.45) is 5.10 Å². The number of halogens is 2. The predicted octanol–water partition coefficient (Wildman–Crippen LogP) is 4.53. The van der Waals surface area contributed by atoms with Crippen molar-refractivity contribution in [1.29, 1.82) is 0 Å². The van der Waals surface area contributed by atoms with Crippen LogP contribution < -0.4 is 11.0 Å². The van der Waals surface area contributed by atoms with Gasteiger partial charge in [-0.2, -0.15) is 5.10 Å². The molecule has 0 fully saturated rings. The summed E-state index contributed by atoms with van der Waals surface area (Å²) < 4.78 is 15.3. The molecule has 1 N–H and O–H groups in total. The number of aromatic nitrogens is 2. The molecule has 0 radical (unpaired) electrons. The summed E-state index contributed by atoms with van der Waals surface area (Å²) in [6, 6.07) is 20.1. The van der Waals surface area contributed by atoms with Gasteiger partial charge < -0.3 is 0 Å². The Balaban J connectivity index is 1.56. The van der Waals surface area contributed by atoms with Crippen LogP contribution >= 0.6 is 27.7 Å². The summed E-state index contributed by atoms with van der Waals surface area (Å²) >= 11 is 4.53. The Morgan fingerprint density at radius 3 is 2.56 bits per heavy atom. The first-order chi connectivity index (χ1) is 15.5. The van der Waals surface area contributed by atoms with Crippen molar-refractivity contribution >= 4 is 50.7 Å². The molecule has 9 heteroatoms. The van der Waals surface area contributed by atoms with Crippen LogP contribution in [0.3, 0.4) is 0 Å². The van der Waals surface area contributed by atoms with Gasteiger partial charge in [0.15, 0.2) is 5.16 Å². The molecule has 6 nitrogen and oxygen atoms in total. The van der Waals surface area contributed by atoms with Gasteiger partial charge in [-0.25, -0.2) is 14.8 Å². The fourth-order valence-corrected chi connectivity index (χ4v) is 3.99. The second-order valence-corrected chi connectivity index (χ2v) is 8.52. The highest BCUT2D eigenvalue weighted by Gasteiger charge is 2.14. The van der Waals surface area contributed by atoms with Crippen LogP contribution in [0.2, 0.25) is 0 Å². The summed E-state index contributed by atoms with van der Waals surface area (Å²) in [5.41, 5.74) is 4.07. The molecule has 0 atom stereocenters. The molecule has 1 aromatic heterocycles. The standard InChI is InChI=1S/C23H16BrFN4O2S/c24-16-7-11-18(12-8-16)29-22(31)19-3-1-2-4-20(19)27-23(29)32-14-21(30)28-26-13-15-5-9-17(25)10-6-15/h1-13H,14H2,(H,28,30). The Labute approximate surface area is 195 Å². The number of thioether (sulfide) groups is 1. The van der Waals surface area contributed by atoms with Crippen molar-refractivity contribution in [3.05, 3.63) is 99.0 Å². The van der Waals surface area contributed by atoms with Crippen LogP contribution in [0, 0.1) is 5.82 Å². The van der Waals surface area contributed by atoms with E-state index < -0.39 is 0 Å². The maximum absolute atomic E-state index is 13.2. The van der Waals surface area contributed by atoms with E-state index in [1.165, 1.54) is 22.9 Å². The molecule has 4 rings (SSSR count). The molecule has 1 amide bonds. The van der Waals surface area contributed by atoms with E-state index in [4.69, 9.17) is 0 Å². The zero-order chi connectivity index (χ0) is 22.5. The van der Waals surface area contributed by atoms with Crippen molar-refractivity contribution in [3.8, 4) is 5.69 Å². The number of carbonyl (C=O) groups is 1. The Morgan fingerprint density at radius 1 is 1.09 bits per heavy atom. The molecular formula is C23H16BrFN4O2S. The van der Waals surface area contributed by atoms with Crippen LogP contribution in [-0.4, -0.2) is 27.4 Å². The van der Waals surface area contributed by atoms with Crippen LogP contribution in [0.25, 0.3) is 16.6 Å². The molecule has 0 bridgehead atoms. The minimum Gasteiger partial charge on any atom is -0.272 e. The highest BCUT2D eigenvalue weighted by molar-refractivity contribution is 9.10. The van der Waals surface area contributed by atoms with E-state index in [1.807, 2.05) is 18.2 Å². The number of nitrogens with one attached hydrogen (secondary N) is 1. The van der Waals surface area contributed by atoms with Gasteiger partial charge in [-0.15, -0.1) is 0 Å². The minimum atomic E-state index is -0.363. The Kier molecular flexibility index (Phi) is 6.77. The van der Waals surface area contributed by atoms with Crippen LogP contribution in [-0.2, 0) is 4.79 Å². The van der Waals surface area contributed by atoms with Gasteiger partial charge >= 0.3 is 0 Å². The number of para-hydroxylation sites is 1. The Hall–Kier alpha value is -3.30. The van der Waals surface area contributed by atoms with Crippen molar-refractivity contribution in [1.82, 2.24) is 15.0 Å². The molecule has 0 saturated carbocycles. The second-order valence-electron chi connectivity index (χ2n) is 6.66. The highest BCUT2D eigenvalue weighted by atomic mass is 79.9. The largest absolute Gasteiger partial charge is 0.272 e. The van der Waals surface area contributed by atoms with Crippen molar-refractivity contribution in [2.45, 2.75) is 5.16 Å². The fourth-order valence-electron chi connectivity index (χ4n) is 2.92. The fraction of sp³-hybridized carbons (Fsp3) is 0.0435. The van der Waals surface area contributed by atoms with Gasteiger partial charge in [0.25, 0.3) is 11.5 Å². The number of carbonyl (C=O) groups excluding carboxylic acids is 1. The van der Waals surface area contributed by atoms with E-state index in [0.29, 0.717) is 27.3 Å². The lowest BCUT2D eigenvalue weighted by atomic mass is 10.2. The van der Waals surface area contributed by atoms with Crippen LogP contribution in [0.15, 0.2) is 92.3 Å².